The number of aryl methyl sites for hydroxylation is 1. The average Bonchev–Trinajstić information content (AvgIpc) is 2.94. The molecule has 1 saturated heterocycles. The Bertz CT molecular complexity index is 372. The number of aromatic nitrogens is 2. The van der Waals surface area contributed by atoms with Gasteiger partial charge >= 0.3 is 0 Å². The first-order valence-corrected chi connectivity index (χ1v) is 7.79. The predicted octanol–water partition coefficient (Wildman–Crippen LogP) is 2.74. The Morgan fingerprint density at radius 2 is 2.28 bits per heavy atom. The summed E-state index contributed by atoms with van der Waals surface area (Å²) in [5.41, 5.74) is 0. The van der Waals surface area contributed by atoms with E-state index >= 15 is 0 Å². The van der Waals surface area contributed by atoms with Crippen LogP contribution >= 0.6 is 11.8 Å². The van der Waals surface area contributed by atoms with E-state index in [1.54, 1.807) is 0 Å². The quantitative estimate of drug-likeness (QED) is 0.805. The van der Waals surface area contributed by atoms with Gasteiger partial charge in [-0.05, 0) is 38.5 Å². The molecular formula is C13H23N3OS. The van der Waals surface area contributed by atoms with Gasteiger partial charge in [0.25, 0.3) is 0 Å². The fourth-order valence-electron chi connectivity index (χ4n) is 2.15. The van der Waals surface area contributed by atoms with Crippen LogP contribution in [0.25, 0.3) is 0 Å². The highest BCUT2D eigenvalue weighted by Crippen LogP contribution is 2.45. The minimum atomic E-state index is 0.0570. The van der Waals surface area contributed by atoms with Gasteiger partial charge in [0.05, 0.1) is 4.75 Å². The molecule has 0 radical (unpaired) electrons. The maximum atomic E-state index is 5.81. The van der Waals surface area contributed by atoms with E-state index < -0.39 is 0 Å². The van der Waals surface area contributed by atoms with Gasteiger partial charge in [-0.2, -0.15) is 0 Å². The fourth-order valence-corrected chi connectivity index (χ4v) is 3.38. The van der Waals surface area contributed by atoms with E-state index in [2.05, 4.69) is 36.3 Å². The van der Waals surface area contributed by atoms with Crippen molar-refractivity contribution in [2.75, 3.05) is 12.3 Å². The smallest absolute Gasteiger partial charge is 0.232 e. The number of thioether (sulfide) groups is 1. The molecule has 0 aliphatic carbocycles. The summed E-state index contributed by atoms with van der Waals surface area (Å²) >= 11 is 1.93. The van der Waals surface area contributed by atoms with Crippen LogP contribution < -0.4 is 5.32 Å². The molecule has 1 aromatic rings. The summed E-state index contributed by atoms with van der Waals surface area (Å²) in [4.78, 5) is 0. The monoisotopic (exact) mass is 269 g/mol. The molecule has 5 heteroatoms. The minimum absolute atomic E-state index is 0.0570. The summed E-state index contributed by atoms with van der Waals surface area (Å²) in [6, 6.07) is 0.539. The van der Waals surface area contributed by atoms with Gasteiger partial charge in [-0.1, -0.05) is 13.8 Å². The summed E-state index contributed by atoms with van der Waals surface area (Å²) < 4.78 is 5.86. The first-order chi connectivity index (χ1) is 8.60. The summed E-state index contributed by atoms with van der Waals surface area (Å²) in [6.07, 6.45) is 4.31. The van der Waals surface area contributed by atoms with Crippen LogP contribution in [0.3, 0.4) is 0 Å². The Hall–Kier alpha value is -0.550. The zero-order chi connectivity index (χ0) is 13.0. The number of nitrogens with zero attached hydrogens (tertiary/aromatic N) is 2. The van der Waals surface area contributed by atoms with Gasteiger partial charge in [-0.15, -0.1) is 22.0 Å². The van der Waals surface area contributed by atoms with E-state index in [4.69, 9.17) is 4.42 Å². The minimum Gasteiger partial charge on any atom is -0.424 e. The first kappa shape index (κ1) is 13.9. The number of hydrogen-bond donors (Lipinski definition) is 1. The van der Waals surface area contributed by atoms with Gasteiger partial charge in [0.15, 0.2) is 0 Å². The first-order valence-electron chi connectivity index (χ1n) is 6.80. The van der Waals surface area contributed by atoms with Crippen LogP contribution in [-0.2, 0) is 11.2 Å². The molecule has 1 aromatic heterocycles. The van der Waals surface area contributed by atoms with E-state index in [9.17, 15) is 0 Å². The second-order valence-electron chi connectivity index (χ2n) is 5.40. The summed E-state index contributed by atoms with van der Waals surface area (Å²) in [7, 11) is 0. The second kappa shape index (κ2) is 6.06. The Labute approximate surface area is 113 Å². The normalized spacial score (nSPS) is 24.0. The molecule has 1 fully saturated rings. The average molecular weight is 269 g/mol. The standard InChI is InChI=1S/C13H23N3OS/c1-10(2)14-8-4-6-11-15-16-12(17-11)13(3)7-5-9-18-13/h10,14H,4-9H2,1-3H3. The van der Waals surface area contributed by atoms with E-state index in [1.165, 1.54) is 12.2 Å². The molecule has 1 unspecified atom stereocenters. The van der Waals surface area contributed by atoms with Gasteiger partial charge in [0, 0.05) is 12.5 Å². The van der Waals surface area contributed by atoms with Gasteiger partial charge in [-0.3, -0.25) is 0 Å². The molecule has 2 heterocycles. The lowest BCUT2D eigenvalue weighted by Crippen LogP contribution is -2.23. The third-order valence-corrected chi connectivity index (χ3v) is 4.77. The molecular weight excluding hydrogens is 246 g/mol. The molecule has 1 N–H and O–H groups in total. The van der Waals surface area contributed by atoms with Crippen molar-refractivity contribution in [3.63, 3.8) is 0 Å². The van der Waals surface area contributed by atoms with Crippen LogP contribution in [0.1, 0.15) is 51.8 Å². The molecule has 1 atom stereocenters. The Morgan fingerprint density at radius 1 is 1.44 bits per heavy atom. The van der Waals surface area contributed by atoms with Crippen molar-refractivity contribution in [3.05, 3.63) is 11.8 Å². The Balaban J connectivity index is 1.83. The van der Waals surface area contributed by atoms with E-state index in [0.717, 1.165) is 37.6 Å². The molecule has 0 spiro atoms. The highest BCUT2D eigenvalue weighted by atomic mass is 32.2. The summed E-state index contributed by atoms with van der Waals surface area (Å²) in [5, 5.41) is 11.8. The summed E-state index contributed by atoms with van der Waals surface area (Å²) in [6.45, 7) is 7.52. The molecule has 2 rings (SSSR count). The second-order valence-corrected chi connectivity index (χ2v) is 6.99. The van der Waals surface area contributed by atoms with Crippen LogP contribution in [0.5, 0.6) is 0 Å². The van der Waals surface area contributed by atoms with E-state index in [-0.39, 0.29) is 4.75 Å². The van der Waals surface area contributed by atoms with Crippen LogP contribution in [-0.4, -0.2) is 28.5 Å². The molecule has 18 heavy (non-hydrogen) atoms. The summed E-state index contributed by atoms with van der Waals surface area (Å²) in [5.74, 6) is 2.80. The van der Waals surface area contributed by atoms with Crippen LogP contribution in [0.15, 0.2) is 4.42 Å². The van der Waals surface area contributed by atoms with Crippen molar-refractivity contribution in [3.8, 4) is 0 Å². The van der Waals surface area contributed by atoms with Gasteiger partial charge in [0.2, 0.25) is 11.8 Å². The lowest BCUT2D eigenvalue weighted by Gasteiger charge is -2.16. The van der Waals surface area contributed by atoms with E-state index in [1.807, 2.05) is 11.8 Å². The molecule has 0 aromatic carbocycles. The third-order valence-electron chi connectivity index (χ3n) is 3.26. The highest BCUT2D eigenvalue weighted by Gasteiger charge is 2.36. The van der Waals surface area contributed by atoms with Crippen LogP contribution in [0.2, 0.25) is 0 Å². The maximum Gasteiger partial charge on any atom is 0.232 e. The van der Waals surface area contributed by atoms with Gasteiger partial charge in [0.1, 0.15) is 0 Å². The maximum absolute atomic E-state index is 5.81. The Morgan fingerprint density at radius 3 is 2.94 bits per heavy atom. The molecule has 0 amide bonds. The van der Waals surface area contributed by atoms with E-state index in [0.29, 0.717) is 6.04 Å². The predicted molar refractivity (Wildman–Crippen MR) is 74.8 cm³/mol. The topological polar surface area (TPSA) is 51.0 Å². The van der Waals surface area contributed by atoms with Crippen LogP contribution in [0.4, 0.5) is 0 Å². The van der Waals surface area contributed by atoms with Gasteiger partial charge in [-0.25, -0.2) is 0 Å². The van der Waals surface area contributed by atoms with Crippen molar-refractivity contribution in [1.82, 2.24) is 15.5 Å². The van der Waals surface area contributed by atoms with Crippen molar-refractivity contribution < 1.29 is 4.42 Å². The molecule has 4 nitrogen and oxygen atoms in total. The van der Waals surface area contributed by atoms with Crippen molar-refractivity contribution in [2.24, 2.45) is 0 Å². The van der Waals surface area contributed by atoms with Crippen molar-refractivity contribution in [2.45, 2.75) is 57.2 Å². The largest absolute Gasteiger partial charge is 0.424 e. The fraction of sp³-hybridized carbons (Fsp3) is 0.846. The zero-order valence-electron chi connectivity index (χ0n) is 11.5. The number of hydrogen-bond acceptors (Lipinski definition) is 5. The van der Waals surface area contributed by atoms with Crippen LogP contribution in [0, 0.1) is 0 Å². The van der Waals surface area contributed by atoms with Crippen molar-refractivity contribution >= 4 is 11.8 Å². The van der Waals surface area contributed by atoms with Crippen molar-refractivity contribution in [1.29, 1.82) is 0 Å². The Kier molecular flexibility index (Phi) is 4.67. The molecule has 1 aliphatic rings. The zero-order valence-corrected chi connectivity index (χ0v) is 12.3. The molecule has 0 saturated carbocycles. The molecule has 1 aliphatic heterocycles. The van der Waals surface area contributed by atoms with Gasteiger partial charge < -0.3 is 9.73 Å². The lowest BCUT2D eigenvalue weighted by molar-refractivity contribution is 0.396. The third kappa shape index (κ3) is 3.48. The molecule has 0 bridgehead atoms. The SMILES string of the molecule is CC(C)NCCCc1nnc(C2(C)CCCS2)o1. The number of rotatable bonds is 6. The molecule has 102 valence electrons. The lowest BCUT2D eigenvalue weighted by atomic mass is 10.1. The highest BCUT2D eigenvalue weighted by molar-refractivity contribution is 8.00. The number of nitrogens with one attached hydrogen (secondary N) is 1.